The average Bonchev–Trinajstić information content (AvgIpc) is 3.73. The molecule has 2 saturated heterocycles. The molecule has 1 spiro atoms. The summed E-state index contributed by atoms with van der Waals surface area (Å²) >= 11 is 0. The van der Waals surface area contributed by atoms with Gasteiger partial charge in [0.2, 0.25) is 0 Å². The number of hydrogen-bond acceptors (Lipinski definition) is 7. The van der Waals surface area contributed by atoms with E-state index in [0.29, 0.717) is 34.5 Å². The molecule has 2 aliphatic carbocycles. The summed E-state index contributed by atoms with van der Waals surface area (Å²) in [5, 5.41) is 18.0. The summed E-state index contributed by atoms with van der Waals surface area (Å²) in [7, 11) is -1.36. The van der Waals surface area contributed by atoms with Gasteiger partial charge in [-0.05, 0) is 79.7 Å². The lowest BCUT2D eigenvalue weighted by atomic mass is 9.93. The Hall–Kier alpha value is -3.05. The number of nitrogens with one attached hydrogen (secondary N) is 1. The number of halogens is 1. The van der Waals surface area contributed by atoms with E-state index in [1.807, 2.05) is 24.4 Å². The van der Waals surface area contributed by atoms with Crippen LogP contribution < -0.4 is 14.5 Å². The van der Waals surface area contributed by atoms with Crippen molar-refractivity contribution in [1.29, 1.82) is 0 Å². The number of anilines is 3. The van der Waals surface area contributed by atoms with E-state index in [2.05, 4.69) is 29.8 Å². The van der Waals surface area contributed by atoms with Gasteiger partial charge in [-0.2, -0.15) is 0 Å². The van der Waals surface area contributed by atoms with E-state index < -0.39 is 11.0 Å². The average molecular weight is 538 g/mol. The van der Waals surface area contributed by atoms with E-state index in [-0.39, 0.29) is 18.2 Å². The van der Waals surface area contributed by atoms with Crippen molar-refractivity contribution in [2.45, 2.75) is 32.1 Å². The largest absolute Gasteiger partial charge is 0.395 e. The molecule has 2 aromatic heterocycles. The van der Waals surface area contributed by atoms with Crippen LogP contribution in [0.5, 0.6) is 0 Å². The summed E-state index contributed by atoms with van der Waals surface area (Å²) < 4.78 is 31.6. The van der Waals surface area contributed by atoms with Gasteiger partial charge in [0.05, 0.1) is 35.6 Å². The number of nitrogens with zero attached hydrogens (tertiary/aromatic N) is 6. The molecule has 9 nitrogen and oxygen atoms in total. The Morgan fingerprint density at radius 1 is 1.03 bits per heavy atom. The van der Waals surface area contributed by atoms with Crippen LogP contribution in [0.15, 0.2) is 36.5 Å². The fourth-order valence-corrected chi connectivity index (χ4v) is 6.72. The van der Waals surface area contributed by atoms with Crippen molar-refractivity contribution in [3.8, 4) is 17.1 Å². The molecule has 3 atom stereocenters. The van der Waals surface area contributed by atoms with Crippen molar-refractivity contribution >= 4 is 28.2 Å². The molecule has 11 heteroatoms. The Morgan fingerprint density at radius 2 is 1.82 bits per heavy atom. The van der Waals surface area contributed by atoms with Gasteiger partial charge in [0.1, 0.15) is 16.7 Å². The molecule has 200 valence electrons. The molecule has 2 aliphatic heterocycles. The molecular formula is C27H32FN7O2S. The monoisotopic (exact) mass is 537 g/mol. The first-order valence-corrected chi connectivity index (χ1v) is 14.8. The van der Waals surface area contributed by atoms with Crippen LogP contribution >= 0.6 is 0 Å². The minimum atomic E-state index is -1.36. The summed E-state index contributed by atoms with van der Waals surface area (Å²) in [6.07, 6.45) is 8.08. The number of aliphatic hydroxyl groups is 1. The second-order valence-corrected chi connectivity index (χ2v) is 12.6. The lowest BCUT2D eigenvalue weighted by Crippen LogP contribution is -2.35. The van der Waals surface area contributed by atoms with E-state index in [9.17, 15) is 8.60 Å². The molecule has 0 amide bonds. The topological polar surface area (TPSA) is 99.4 Å². The maximum Gasteiger partial charge on any atom is 0.165 e. The SMILES string of the molecule is O=S(CCO)Nc1ccc(-n2cc(-c3ccc(F)c(N4CC5CC5C4)n3)nn2)c(N2CCC3(CC2)CC3)c1. The first-order valence-electron chi connectivity index (χ1n) is 13.5. The highest BCUT2D eigenvalue weighted by atomic mass is 32.2. The Bertz CT molecular complexity index is 1370. The lowest BCUT2D eigenvalue weighted by Gasteiger charge is -2.35. The van der Waals surface area contributed by atoms with Crippen LogP contribution in [0.3, 0.4) is 0 Å². The minimum Gasteiger partial charge on any atom is -0.395 e. The second kappa shape index (κ2) is 9.30. The number of aromatic nitrogens is 4. The van der Waals surface area contributed by atoms with Gasteiger partial charge >= 0.3 is 0 Å². The molecule has 3 unspecified atom stereocenters. The van der Waals surface area contributed by atoms with E-state index in [4.69, 9.17) is 5.11 Å². The van der Waals surface area contributed by atoms with Crippen LogP contribution in [0.2, 0.25) is 0 Å². The van der Waals surface area contributed by atoms with Gasteiger partial charge in [-0.1, -0.05) is 5.21 Å². The van der Waals surface area contributed by atoms with Crippen molar-refractivity contribution in [1.82, 2.24) is 20.0 Å². The third-order valence-corrected chi connectivity index (χ3v) is 9.73. The van der Waals surface area contributed by atoms with Gasteiger partial charge in [0, 0.05) is 31.9 Å². The van der Waals surface area contributed by atoms with Gasteiger partial charge in [-0.15, -0.1) is 5.10 Å². The highest BCUT2D eigenvalue weighted by Crippen LogP contribution is 2.54. The normalized spacial score (nSPS) is 23.9. The first-order chi connectivity index (χ1) is 18.5. The van der Waals surface area contributed by atoms with Gasteiger partial charge in [-0.25, -0.2) is 18.3 Å². The van der Waals surface area contributed by atoms with Crippen LogP contribution in [0.1, 0.15) is 32.1 Å². The van der Waals surface area contributed by atoms with Crippen molar-refractivity contribution < 1.29 is 13.7 Å². The zero-order chi connectivity index (χ0) is 25.9. The van der Waals surface area contributed by atoms with E-state index in [1.54, 1.807) is 10.7 Å². The molecule has 2 N–H and O–H groups in total. The fourth-order valence-electron chi connectivity index (χ4n) is 6.06. The van der Waals surface area contributed by atoms with Gasteiger partial charge < -0.3 is 19.6 Å². The predicted molar refractivity (Wildman–Crippen MR) is 145 cm³/mol. The zero-order valence-corrected chi connectivity index (χ0v) is 22.0. The fraction of sp³-hybridized carbons (Fsp3) is 0.519. The molecule has 2 saturated carbocycles. The number of piperidine rings is 2. The zero-order valence-electron chi connectivity index (χ0n) is 21.2. The summed E-state index contributed by atoms with van der Waals surface area (Å²) in [4.78, 5) is 9.07. The molecule has 4 heterocycles. The summed E-state index contributed by atoms with van der Waals surface area (Å²) in [6, 6.07) is 8.96. The Labute approximate surface area is 223 Å². The Kier molecular flexibility index (Phi) is 5.88. The highest BCUT2D eigenvalue weighted by Gasteiger charge is 2.46. The van der Waals surface area contributed by atoms with Crippen molar-refractivity contribution in [3.05, 3.63) is 42.3 Å². The highest BCUT2D eigenvalue weighted by molar-refractivity contribution is 7.86. The number of benzene rings is 1. The third-order valence-electron chi connectivity index (χ3n) is 8.71. The summed E-state index contributed by atoms with van der Waals surface area (Å²) in [5.41, 5.74) is 4.32. The smallest absolute Gasteiger partial charge is 0.165 e. The Morgan fingerprint density at radius 3 is 2.55 bits per heavy atom. The number of aliphatic hydroxyl groups excluding tert-OH is 1. The first kappa shape index (κ1) is 24.0. The molecular weight excluding hydrogens is 505 g/mol. The third kappa shape index (κ3) is 4.55. The van der Waals surface area contributed by atoms with E-state index >= 15 is 0 Å². The van der Waals surface area contributed by atoms with E-state index in [1.165, 1.54) is 38.2 Å². The van der Waals surface area contributed by atoms with E-state index in [0.717, 1.165) is 43.2 Å². The number of hydrogen-bond donors (Lipinski definition) is 2. The van der Waals surface area contributed by atoms with Gasteiger partial charge in [0.25, 0.3) is 0 Å². The van der Waals surface area contributed by atoms with Crippen LogP contribution in [-0.4, -0.2) is 67.8 Å². The summed E-state index contributed by atoms with van der Waals surface area (Å²) in [6.45, 7) is 3.51. The lowest BCUT2D eigenvalue weighted by molar-refractivity contribution is 0.321. The Balaban J connectivity index is 1.18. The summed E-state index contributed by atoms with van der Waals surface area (Å²) in [5.74, 6) is 1.63. The second-order valence-electron chi connectivity index (χ2n) is 11.3. The van der Waals surface area contributed by atoms with Crippen LogP contribution in [0.4, 0.5) is 21.6 Å². The molecule has 3 aromatic rings. The van der Waals surface area contributed by atoms with Crippen LogP contribution in [-0.2, 0) is 11.0 Å². The van der Waals surface area contributed by atoms with Crippen LogP contribution in [0, 0.1) is 23.1 Å². The van der Waals surface area contributed by atoms with Gasteiger partial charge in [0.15, 0.2) is 11.6 Å². The maximum absolute atomic E-state index is 14.7. The number of pyridine rings is 1. The predicted octanol–water partition coefficient (Wildman–Crippen LogP) is 3.37. The van der Waals surface area contributed by atoms with Crippen LogP contribution in [0.25, 0.3) is 17.1 Å². The molecule has 4 aliphatic rings. The molecule has 4 fully saturated rings. The molecule has 0 radical (unpaired) electrons. The number of fused-ring (bicyclic) bond motifs is 1. The van der Waals surface area contributed by atoms with Crippen molar-refractivity contribution in [3.63, 3.8) is 0 Å². The molecule has 38 heavy (non-hydrogen) atoms. The van der Waals surface area contributed by atoms with Crippen molar-refractivity contribution in [2.24, 2.45) is 17.3 Å². The quantitative estimate of drug-likeness (QED) is 0.455. The maximum atomic E-state index is 14.7. The molecule has 0 bridgehead atoms. The number of rotatable bonds is 8. The standard InChI is InChI=1S/C27H32FN7O2S/c28-21-2-3-22(29-26(21)34-15-18-13-19(18)16-34)23-17-35(32-30-23)24-4-1-20(31-38(37)12-11-36)14-25(24)33-9-7-27(5-6-27)8-10-33/h1-4,14,17-19,31,36H,5-13,15-16H2. The molecule has 1 aromatic carbocycles. The minimum absolute atomic E-state index is 0.140. The van der Waals surface area contributed by atoms with Crippen molar-refractivity contribution in [2.75, 3.05) is 53.1 Å². The molecule has 7 rings (SSSR count). The van der Waals surface area contributed by atoms with Gasteiger partial charge in [-0.3, -0.25) is 0 Å².